The number of rotatable bonds is 3. The van der Waals surface area contributed by atoms with Crippen LogP contribution in [-0.2, 0) is 0 Å². The van der Waals surface area contributed by atoms with Gasteiger partial charge in [0.05, 0.1) is 13.5 Å². The maximum absolute atomic E-state index is 12.1. The number of hydrogen-bond acceptors (Lipinski definition) is 3. The normalized spacial score (nSPS) is 12.8. The molecule has 3 nitrogen and oxygen atoms in total. The van der Waals surface area contributed by atoms with E-state index in [1.165, 1.54) is 25.3 Å². The molecule has 0 radical (unpaired) electrons. The lowest BCUT2D eigenvalue weighted by Gasteiger charge is -2.16. The lowest BCUT2D eigenvalue weighted by atomic mass is 10.0. The number of aromatic hydroxyl groups is 1. The van der Waals surface area contributed by atoms with Gasteiger partial charge in [-0.3, -0.25) is 0 Å². The number of benzene rings is 1. The largest absolute Gasteiger partial charge is 0.507 e. The quantitative estimate of drug-likeness (QED) is 0.889. The monoisotopic (exact) mass is 271 g/mol. The Balaban J connectivity index is 0.00000256. The molecule has 0 bridgehead atoms. The summed E-state index contributed by atoms with van der Waals surface area (Å²) in [5.74, 6) is 0.0663. The number of phenolic OH excluding ortho intramolecular Hbond substituents is 1. The molecular formula is C10H13ClF3NO2. The Morgan fingerprint density at radius 3 is 2.41 bits per heavy atom. The molecule has 1 rings (SSSR count). The van der Waals surface area contributed by atoms with Gasteiger partial charge >= 0.3 is 6.18 Å². The van der Waals surface area contributed by atoms with Crippen molar-refractivity contribution in [2.45, 2.75) is 18.6 Å². The summed E-state index contributed by atoms with van der Waals surface area (Å²) in [5, 5.41) is 9.46. The van der Waals surface area contributed by atoms with Crippen LogP contribution in [0.3, 0.4) is 0 Å². The molecule has 0 aliphatic rings. The molecule has 1 aromatic carbocycles. The van der Waals surface area contributed by atoms with Crippen molar-refractivity contribution in [2.75, 3.05) is 7.11 Å². The minimum absolute atomic E-state index is 0. The van der Waals surface area contributed by atoms with Crippen LogP contribution in [0.5, 0.6) is 11.5 Å². The Morgan fingerprint density at radius 2 is 2.00 bits per heavy atom. The van der Waals surface area contributed by atoms with E-state index < -0.39 is 18.6 Å². The van der Waals surface area contributed by atoms with Gasteiger partial charge in [-0.05, 0) is 6.07 Å². The van der Waals surface area contributed by atoms with Crippen LogP contribution in [0, 0.1) is 0 Å². The van der Waals surface area contributed by atoms with Crippen molar-refractivity contribution >= 4 is 12.4 Å². The van der Waals surface area contributed by atoms with E-state index in [4.69, 9.17) is 10.5 Å². The van der Waals surface area contributed by atoms with E-state index in [1.54, 1.807) is 0 Å². The van der Waals surface area contributed by atoms with Gasteiger partial charge in [0.15, 0.2) is 0 Å². The first-order chi connectivity index (χ1) is 7.33. The molecule has 0 unspecified atom stereocenters. The second-order valence-electron chi connectivity index (χ2n) is 3.35. The standard InChI is InChI=1S/C10H12F3NO2.ClH/c1-16-6-2-3-7(9(15)4-6)8(14)5-10(11,12)13;/h2-4,8,15H,5,14H2,1H3;1H/t8-;/m0./s1. The second-order valence-corrected chi connectivity index (χ2v) is 3.35. The molecule has 0 fully saturated rings. The van der Waals surface area contributed by atoms with Crippen molar-refractivity contribution in [1.82, 2.24) is 0 Å². The van der Waals surface area contributed by atoms with E-state index in [9.17, 15) is 18.3 Å². The molecule has 0 amide bonds. The predicted molar refractivity (Wildman–Crippen MR) is 59.5 cm³/mol. The zero-order valence-corrected chi connectivity index (χ0v) is 9.81. The van der Waals surface area contributed by atoms with Crippen LogP contribution < -0.4 is 10.5 Å². The molecule has 3 N–H and O–H groups in total. The van der Waals surface area contributed by atoms with Crippen LogP contribution >= 0.6 is 12.4 Å². The maximum atomic E-state index is 12.1. The van der Waals surface area contributed by atoms with Gasteiger partial charge in [-0.25, -0.2) is 0 Å². The van der Waals surface area contributed by atoms with E-state index in [1.807, 2.05) is 0 Å². The third-order valence-corrected chi connectivity index (χ3v) is 2.09. The van der Waals surface area contributed by atoms with Crippen LogP contribution in [0.15, 0.2) is 18.2 Å². The summed E-state index contributed by atoms with van der Waals surface area (Å²) in [6.07, 6.45) is -5.53. The highest BCUT2D eigenvalue weighted by atomic mass is 35.5. The topological polar surface area (TPSA) is 55.5 Å². The minimum Gasteiger partial charge on any atom is -0.507 e. The molecule has 0 aliphatic heterocycles. The zero-order chi connectivity index (χ0) is 12.3. The third kappa shape index (κ3) is 4.70. The lowest BCUT2D eigenvalue weighted by Crippen LogP contribution is -2.20. The predicted octanol–water partition coefficient (Wildman–Crippen LogP) is 2.77. The number of methoxy groups -OCH3 is 1. The summed E-state index contributed by atoms with van der Waals surface area (Å²) in [5.41, 5.74) is 5.41. The molecular weight excluding hydrogens is 259 g/mol. The van der Waals surface area contributed by atoms with Crippen molar-refractivity contribution in [3.05, 3.63) is 23.8 Å². The fourth-order valence-corrected chi connectivity index (χ4v) is 1.32. The molecule has 0 saturated carbocycles. The van der Waals surface area contributed by atoms with E-state index in [0.29, 0.717) is 5.75 Å². The molecule has 1 atom stereocenters. The van der Waals surface area contributed by atoms with Crippen LogP contribution in [0.1, 0.15) is 18.0 Å². The van der Waals surface area contributed by atoms with E-state index >= 15 is 0 Å². The third-order valence-electron chi connectivity index (χ3n) is 2.09. The van der Waals surface area contributed by atoms with Gasteiger partial charge in [-0.2, -0.15) is 13.2 Å². The first-order valence-corrected chi connectivity index (χ1v) is 4.52. The molecule has 0 spiro atoms. The molecule has 0 saturated heterocycles. The zero-order valence-electron chi connectivity index (χ0n) is 8.99. The fraction of sp³-hybridized carbons (Fsp3) is 0.400. The highest BCUT2D eigenvalue weighted by Crippen LogP contribution is 2.33. The van der Waals surface area contributed by atoms with E-state index in [-0.39, 0.29) is 23.7 Å². The number of alkyl halides is 3. The Kier molecular flexibility index (Phi) is 5.57. The summed E-state index contributed by atoms with van der Waals surface area (Å²) in [4.78, 5) is 0. The Labute approximate surface area is 103 Å². The summed E-state index contributed by atoms with van der Waals surface area (Å²) < 4.78 is 41.1. The van der Waals surface area contributed by atoms with E-state index in [0.717, 1.165) is 0 Å². The van der Waals surface area contributed by atoms with E-state index in [2.05, 4.69) is 0 Å². The molecule has 98 valence electrons. The molecule has 17 heavy (non-hydrogen) atoms. The number of hydrogen-bond donors (Lipinski definition) is 2. The Morgan fingerprint density at radius 1 is 1.41 bits per heavy atom. The molecule has 0 aromatic heterocycles. The van der Waals surface area contributed by atoms with Crippen molar-refractivity contribution < 1.29 is 23.0 Å². The summed E-state index contributed by atoms with van der Waals surface area (Å²) in [6.45, 7) is 0. The van der Waals surface area contributed by atoms with Gasteiger partial charge in [0, 0.05) is 17.7 Å². The van der Waals surface area contributed by atoms with Gasteiger partial charge < -0.3 is 15.6 Å². The highest BCUT2D eigenvalue weighted by molar-refractivity contribution is 5.85. The van der Waals surface area contributed by atoms with Crippen LogP contribution in [-0.4, -0.2) is 18.4 Å². The van der Waals surface area contributed by atoms with Crippen LogP contribution in [0.2, 0.25) is 0 Å². The van der Waals surface area contributed by atoms with Gasteiger partial charge in [0.2, 0.25) is 0 Å². The van der Waals surface area contributed by atoms with Crippen LogP contribution in [0.25, 0.3) is 0 Å². The SMILES string of the molecule is COc1ccc([C@@H](N)CC(F)(F)F)c(O)c1.Cl. The smallest absolute Gasteiger partial charge is 0.390 e. The summed E-state index contributed by atoms with van der Waals surface area (Å²) in [7, 11) is 1.39. The van der Waals surface area contributed by atoms with Crippen molar-refractivity contribution in [1.29, 1.82) is 0 Å². The fourth-order valence-electron chi connectivity index (χ4n) is 1.32. The Bertz CT molecular complexity index is 371. The molecule has 0 heterocycles. The van der Waals surface area contributed by atoms with Crippen LogP contribution in [0.4, 0.5) is 13.2 Å². The van der Waals surface area contributed by atoms with Crippen molar-refractivity contribution in [3.63, 3.8) is 0 Å². The minimum atomic E-state index is -4.36. The lowest BCUT2D eigenvalue weighted by molar-refractivity contribution is -0.138. The number of nitrogens with two attached hydrogens (primary N) is 1. The van der Waals surface area contributed by atoms with Gasteiger partial charge in [0.1, 0.15) is 11.5 Å². The number of ether oxygens (including phenoxy) is 1. The van der Waals surface area contributed by atoms with Gasteiger partial charge in [-0.1, -0.05) is 6.07 Å². The summed E-state index contributed by atoms with van der Waals surface area (Å²) in [6, 6.07) is 2.73. The second kappa shape index (κ2) is 5.97. The Hall–Kier alpha value is -1.14. The molecule has 0 aliphatic carbocycles. The molecule has 1 aromatic rings. The van der Waals surface area contributed by atoms with Gasteiger partial charge in [0.25, 0.3) is 0 Å². The maximum Gasteiger partial charge on any atom is 0.390 e. The average Bonchev–Trinajstić information content (AvgIpc) is 2.14. The summed E-state index contributed by atoms with van der Waals surface area (Å²) >= 11 is 0. The average molecular weight is 272 g/mol. The first-order valence-electron chi connectivity index (χ1n) is 4.52. The van der Waals surface area contributed by atoms with Gasteiger partial charge in [-0.15, -0.1) is 12.4 Å². The first kappa shape index (κ1) is 15.9. The molecule has 7 heteroatoms. The van der Waals surface area contributed by atoms with Crippen molar-refractivity contribution in [3.8, 4) is 11.5 Å². The number of halogens is 4. The number of phenols is 1. The van der Waals surface area contributed by atoms with Crippen molar-refractivity contribution in [2.24, 2.45) is 5.73 Å². The highest BCUT2D eigenvalue weighted by Gasteiger charge is 2.31.